The Balaban J connectivity index is 2.11. The van der Waals surface area contributed by atoms with E-state index >= 15 is 0 Å². The Bertz CT molecular complexity index is 215. The summed E-state index contributed by atoms with van der Waals surface area (Å²) in [5, 5.41) is 3.38. The molecule has 0 bridgehead atoms. The van der Waals surface area contributed by atoms with Crippen molar-refractivity contribution in [1.29, 1.82) is 0 Å². The molecule has 0 aromatic rings. The smallest absolute Gasteiger partial charge is 0.306 e. The maximum absolute atomic E-state index is 11.6. The average molecular weight is 243 g/mol. The molecule has 0 aromatic heterocycles. The summed E-state index contributed by atoms with van der Waals surface area (Å²) in [4.78, 5) is 11.6. The SMILES string of the molecule is COCCCOC(=O)CC(C)C1CCCNC1. The molecule has 2 atom stereocenters. The van der Waals surface area contributed by atoms with Crippen LogP contribution in [0.25, 0.3) is 0 Å². The minimum absolute atomic E-state index is 0.0702. The van der Waals surface area contributed by atoms with Crippen LogP contribution >= 0.6 is 0 Å². The van der Waals surface area contributed by atoms with Crippen LogP contribution in [0.2, 0.25) is 0 Å². The van der Waals surface area contributed by atoms with Crippen LogP contribution in [0.3, 0.4) is 0 Å². The molecule has 4 nitrogen and oxygen atoms in total. The number of methoxy groups -OCH3 is 1. The second kappa shape index (κ2) is 8.48. The highest BCUT2D eigenvalue weighted by Gasteiger charge is 2.22. The van der Waals surface area contributed by atoms with Gasteiger partial charge in [-0.1, -0.05) is 6.92 Å². The van der Waals surface area contributed by atoms with Crippen molar-refractivity contribution in [3.8, 4) is 0 Å². The molecule has 0 saturated carbocycles. The zero-order valence-corrected chi connectivity index (χ0v) is 11.0. The van der Waals surface area contributed by atoms with Crippen LogP contribution in [0.15, 0.2) is 0 Å². The molecule has 4 heteroatoms. The minimum Gasteiger partial charge on any atom is -0.466 e. The van der Waals surface area contributed by atoms with Crippen LogP contribution in [0.5, 0.6) is 0 Å². The van der Waals surface area contributed by atoms with Crippen molar-refractivity contribution in [2.75, 3.05) is 33.4 Å². The van der Waals surface area contributed by atoms with E-state index < -0.39 is 0 Å². The van der Waals surface area contributed by atoms with E-state index in [4.69, 9.17) is 9.47 Å². The number of nitrogens with one attached hydrogen (secondary N) is 1. The first-order valence-corrected chi connectivity index (χ1v) is 6.59. The van der Waals surface area contributed by atoms with Gasteiger partial charge in [0.1, 0.15) is 0 Å². The summed E-state index contributed by atoms with van der Waals surface area (Å²) in [6.45, 7) is 5.43. The van der Waals surface area contributed by atoms with Gasteiger partial charge in [0.15, 0.2) is 0 Å². The van der Waals surface area contributed by atoms with Gasteiger partial charge in [0.25, 0.3) is 0 Å². The fourth-order valence-corrected chi connectivity index (χ4v) is 2.24. The topological polar surface area (TPSA) is 47.6 Å². The molecule has 0 aromatic carbocycles. The molecule has 1 rings (SSSR count). The number of piperidine rings is 1. The van der Waals surface area contributed by atoms with Crippen LogP contribution in [-0.4, -0.2) is 39.4 Å². The Morgan fingerprint density at radius 2 is 2.29 bits per heavy atom. The molecule has 1 saturated heterocycles. The number of rotatable bonds is 7. The van der Waals surface area contributed by atoms with Crippen molar-refractivity contribution >= 4 is 5.97 Å². The molecule has 100 valence electrons. The Hall–Kier alpha value is -0.610. The highest BCUT2D eigenvalue weighted by molar-refractivity contribution is 5.69. The molecule has 0 amide bonds. The van der Waals surface area contributed by atoms with Crippen molar-refractivity contribution in [2.24, 2.45) is 11.8 Å². The maximum Gasteiger partial charge on any atom is 0.306 e. The van der Waals surface area contributed by atoms with E-state index in [0.29, 0.717) is 31.5 Å². The van der Waals surface area contributed by atoms with Crippen LogP contribution in [0.4, 0.5) is 0 Å². The molecule has 1 aliphatic rings. The molecular weight excluding hydrogens is 218 g/mol. The van der Waals surface area contributed by atoms with E-state index in [1.807, 2.05) is 0 Å². The first kappa shape index (κ1) is 14.5. The fourth-order valence-electron chi connectivity index (χ4n) is 2.24. The molecule has 1 aliphatic heterocycles. The second-order valence-electron chi connectivity index (χ2n) is 4.85. The van der Waals surface area contributed by atoms with Crippen LogP contribution in [0, 0.1) is 11.8 Å². The van der Waals surface area contributed by atoms with Gasteiger partial charge in [-0.05, 0) is 37.8 Å². The molecule has 0 radical (unpaired) electrons. The van der Waals surface area contributed by atoms with Gasteiger partial charge in [0.2, 0.25) is 0 Å². The number of hydrogen-bond acceptors (Lipinski definition) is 4. The molecule has 0 aliphatic carbocycles. The van der Waals surface area contributed by atoms with E-state index in [-0.39, 0.29) is 5.97 Å². The molecular formula is C13H25NO3. The van der Waals surface area contributed by atoms with Crippen molar-refractivity contribution < 1.29 is 14.3 Å². The number of carbonyl (C=O) groups is 1. The van der Waals surface area contributed by atoms with Gasteiger partial charge >= 0.3 is 5.97 Å². The standard InChI is InChI=1S/C13H25NO3/c1-11(12-5-3-6-14-10-12)9-13(15)17-8-4-7-16-2/h11-12,14H,3-10H2,1-2H3. The Kier molecular flexibility index (Phi) is 7.21. The number of ether oxygens (including phenoxy) is 2. The minimum atomic E-state index is -0.0702. The summed E-state index contributed by atoms with van der Waals surface area (Å²) in [6, 6.07) is 0. The lowest BCUT2D eigenvalue weighted by Crippen LogP contribution is -2.34. The van der Waals surface area contributed by atoms with E-state index in [9.17, 15) is 4.79 Å². The number of hydrogen-bond donors (Lipinski definition) is 1. The lowest BCUT2D eigenvalue weighted by molar-refractivity contribution is -0.145. The van der Waals surface area contributed by atoms with E-state index in [1.54, 1.807) is 7.11 Å². The van der Waals surface area contributed by atoms with E-state index in [1.165, 1.54) is 12.8 Å². The highest BCUT2D eigenvalue weighted by atomic mass is 16.5. The van der Waals surface area contributed by atoms with Gasteiger partial charge < -0.3 is 14.8 Å². The van der Waals surface area contributed by atoms with Crippen molar-refractivity contribution in [3.63, 3.8) is 0 Å². The fraction of sp³-hybridized carbons (Fsp3) is 0.923. The predicted molar refractivity (Wildman–Crippen MR) is 66.8 cm³/mol. The molecule has 1 fully saturated rings. The summed E-state index contributed by atoms with van der Waals surface area (Å²) < 4.78 is 10.1. The Morgan fingerprint density at radius 1 is 1.47 bits per heavy atom. The summed E-state index contributed by atoms with van der Waals surface area (Å²) >= 11 is 0. The van der Waals surface area contributed by atoms with Crippen molar-refractivity contribution in [3.05, 3.63) is 0 Å². The highest BCUT2D eigenvalue weighted by Crippen LogP contribution is 2.22. The van der Waals surface area contributed by atoms with Gasteiger partial charge in [0, 0.05) is 26.6 Å². The number of esters is 1. The first-order valence-electron chi connectivity index (χ1n) is 6.59. The Labute approximate surface area is 104 Å². The molecule has 1 heterocycles. The lowest BCUT2D eigenvalue weighted by atomic mass is 9.85. The summed E-state index contributed by atoms with van der Waals surface area (Å²) in [5.74, 6) is 0.965. The summed E-state index contributed by atoms with van der Waals surface area (Å²) in [6.07, 6.45) is 3.77. The predicted octanol–water partition coefficient (Wildman–Crippen LogP) is 1.59. The van der Waals surface area contributed by atoms with Gasteiger partial charge in [-0.2, -0.15) is 0 Å². The van der Waals surface area contributed by atoms with Gasteiger partial charge in [-0.3, -0.25) is 4.79 Å². The van der Waals surface area contributed by atoms with Crippen LogP contribution in [0.1, 0.15) is 32.6 Å². The largest absolute Gasteiger partial charge is 0.466 e. The lowest BCUT2D eigenvalue weighted by Gasteiger charge is -2.27. The molecule has 2 unspecified atom stereocenters. The Morgan fingerprint density at radius 3 is 2.94 bits per heavy atom. The van der Waals surface area contributed by atoms with Gasteiger partial charge in [-0.25, -0.2) is 0 Å². The molecule has 17 heavy (non-hydrogen) atoms. The van der Waals surface area contributed by atoms with Crippen molar-refractivity contribution in [2.45, 2.75) is 32.6 Å². The van der Waals surface area contributed by atoms with Crippen molar-refractivity contribution in [1.82, 2.24) is 5.32 Å². The normalized spacial score (nSPS) is 22.1. The third kappa shape index (κ3) is 6.03. The zero-order valence-electron chi connectivity index (χ0n) is 11.0. The van der Waals surface area contributed by atoms with Crippen LogP contribution in [-0.2, 0) is 14.3 Å². The van der Waals surface area contributed by atoms with Gasteiger partial charge in [0.05, 0.1) is 6.61 Å². The maximum atomic E-state index is 11.6. The average Bonchev–Trinajstić information content (AvgIpc) is 2.36. The monoisotopic (exact) mass is 243 g/mol. The summed E-state index contributed by atoms with van der Waals surface area (Å²) in [5.41, 5.74) is 0. The molecule has 0 spiro atoms. The zero-order chi connectivity index (χ0) is 12.5. The molecule has 1 N–H and O–H groups in total. The second-order valence-corrected chi connectivity index (χ2v) is 4.85. The third-order valence-corrected chi connectivity index (χ3v) is 3.38. The van der Waals surface area contributed by atoms with Crippen LogP contribution < -0.4 is 5.32 Å². The third-order valence-electron chi connectivity index (χ3n) is 3.38. The first-order chi connectivity index (χ1) is 8.24. The van der Waals surface area contributed by atoms with E-state index in [0.717, 1.165) is 19.5 Å². The van der Waals surface area contributed by atoms with Gasteiger partial charge in [-0.15, -0.1) is 0 Å². The van der Waals surface area contributed by atoms with E-state index in [2.05, 4.69) is 12.2 Å². The summed E-state index contributed by atoms with van der Waals surface area (Å²) in [7, 11) is 1.65. The quantitative estimate of drug-likeness (QED) is 0.545. The number of carbonyl (C=O) groups excluding carboxylic acids is 1.